The Morgan fingerprint density at radius 1 is 1.20 bits per heavy atom. The van der Waals surface area contributed by atoms with Crippen LogP contribution in [0, 0.1) is 13.8 Å². The van der Waals surface area contributed by atoms with Crippen LogP contribution in [0.2, 0.25) is 5.02 Å². The molecule has 3 aromatic heterocycles. The lowest BCUT2D eigenvalue weighted by atomic mass is 10.2. The molecule has 1 aromatic carbocycles. The van der Waals surface area contributed by atoms with E-state index in [4.69, 9.17) is 20.4 Å². The van der Waals surface area contributed by atoms with Gasteiger partial charge in [-0.05, 0) is 26.0 Å². The van der Waals surface area contributed by atoms with Crippen LogP contribution in [0.4, 0.5) is 6.01 Å². The molecule has 0 atom stereocenters. The summed E-state index contributed by atoms with van der Waals surface area (Å²) in [5.41, 5.74) is 0.699. The summed E-state index contributed by atoms with van der Waals surface area (Å²) < 4.78 is 11.9. The summed E-state index contributed by atoms with van der Waals surface area (Å²) in [6, 6.07) is 9.37. The highest BCUT2D eigenvalue weighted by molar-refractivity contribution is 7.21. The van der Waals surface area contributed by atoms with E-state index in [1.807, 2.05) is 38.1 Å². The average molecular weight is 374 g/mol. The molecule has 8 heteroatoms. The molecule has 126 valence electrons. The van der Waals surface area contributed by atoms with Crippen LogP contribution < -0.4 is 5.32 Å². The molecule has 0 aliphatic rings. The van der Waals surface area contributed by atoms with Gasteiger partial charge in [-0.2, -0.15) is 0 Å². The number of hydrogen-bond acceptors (Lipinski definition) is 6. The zero-order valence-corrected chi connectivity index (χ0v) is 14.9. The van der Waals surface area contributed by atoms with Crippen molar-refractivity contribution in [3.63, 3.8) is 0 Å². The van der Waals surface area contributed by atoms with E-state index in [1.165, 1.54) is 11.3 Å². The second-order valence-electron chi connectivity index (χ2n) is 5.43. The predicted molar refractivity (Wildman–Crippen MR) is 96.3 cm³/mol. The summed E-state index contributed by atoms with van der Waals surface area (Å²) in [5, 5.41) is 11.7. The Bertz CT molecular complexity index is 1100. The number of nitrogens with zero attached hydrogens (tertiary/aromatic N) is 2. The number of thiophene rings is 1. The SMILES string of the molecule is Cc1cc(-c2nnc(NC(=O)c3sc4ccccc4c3Cl)o2)c(C)o1. The van der Waals surface area contributed by atoms with Crippen LogP contribution in [0.5, 0.6) is 0 Å². The summed E-state index contributed by atoms with van der Waals surface area (Å²) in [6.45, 7) is 3.64. The van der Waals surface area contributed by atoms with E-state index in [0.717, 1.165) is 15.8 Å². The third-order valence-electron chi connectivity index (χ3n) is 3.66. The third-order valence-corrected chi connectivity index (χ3v) is 5.33. The number of nitrogens with one attached hydrogen (secondary N) is 1. The maximum Gasteiger partial charge on any atom is 0.322 e. The van der Waals surface area contributed by atoms with E-state index in [9.17, 15) is 4.79 Å². The van der Waals surface area contributed by atoms with Gasteiger partial charge < -0.3 is 8.83 Å². The van der Waals surface area contributed by atoms with Crippen molar-refractivity contribution in [2.45, 2.75) is 13.8 Å². The van der Waals surface area contributed by atoms with Crippen LogP contribution in [0.1, 0.15) is 21.2 Å². The van der Waals surface area contributed by atoms with Gasteiger partial charge in [0.2, 0.25) is 0 Å². The van der Waals surface area contributed by atoms with Crippen molar-refractivity contribution in [3.05, 3.63) is 51.8 Å². The molecule has 0 saturated carbocycles. The molecule has 0 spiro atoms. The van der Waals surface area contributed by atoms with Crippen molar-refractivity contribution in [3.8, 4) is 11.5 Å². The Balaban J connectivity index is 1.61. The molecule has 1 amide bonds. The average Bonchev–Trinajstić information content (AvgIpc) is 3.26. The number of hydrogen-bond donors (Lipinski definition) is 1. The van der Waals surface area contributed by atoms with Crippen LogP contribution in [0.15, 0.2) is 39.2 Å². The molecule has 0 fully saturated rings. The molecule has 6 nitrogen and oxygen atoms in total. The smallest absolute Gasteiger partial charge is 0.322 e. The van der Waals surface area contributed by atoms with Crippen LogP contribution >= 0.6 is 22.9 Å². The number of anilines is 1. The van der Waals surface area contributed by atoms with Crippen molar-refractivity contribution in [2.75, 3.05) is 5.32 Å². The fourth-order valence-electron chi connectivity index (χ4n) is 2.54. The number of benzene rings is 1. The quantitative estimate of drug-likeness (QED) is 0.542. The molecule has 0 aliphatic heterocycles. The van der Waals surface area contributed by atoms with Crippen molar-refractivity contribution >= 4 is 44.9 Å². The number of aromatic nitrogens is 2. The van der Waals surface area contributed by atoms with Crippen molar-refractivity contribution < 1.29 is 13.6 Å². The summed E-state index contributed by atoms with van der Waals surface area (Å²) in [7, 11) is 0. The molecule has 1 N–H and O–H groups in total. The highest BCUT2D eigenvalue weighted by Crippen LogP contribution is 2.35. The van der Waals surface area contributed by atoms with Crippen molar-refractivity contribution in [1.29, 1.82) is 0 Å². The molecule has 0 bridgehead atoms. The Labute approximate surface area is 151 Å². The zero-order valence-electron chi connectivity index (χ0n) is 13.3. The molecule has 0 radical (unpaired) electrons. The third kappa shape index (κ3) is 2.81. The summed E-state index contributed by atoms with van der Waals surface area (Å²) in [5.74, 6) is 1.31. The fraction of sp³-hybridized carbons (Fsp3) is 0.118. The summed E-state index contributed by atoms with van der Waals surface area (Å²) in [6.07, 6.45) is 0. The van der Waals surface area contributed by atoms with E-state index in [2.05, 4.69) is 15.5 Å². The van der Waals surface area contributed by atoms with Gasteiger partial charge in [0.25, 0.3) is 11.8 Å². The zero-order chi connectivity index (χ0) is 17.6. The summed E-state index contributed by atoms with van der Waals surface area (Å²) in [4.78, 5) is 12.9. The number of carbonyl (C=O) groups is 1. The van der Waals surface area contributed by atoms with Crippen molar-refractivity contribution in [2.24, 2.45) is 0 Å². The molecule has 4 rings (SSSR count). The highest BCUT2D eigenvalue weighted by atomic mass is 35.5. The van der Waals surface area contributed by atoms with E-state index in [1.54, 1.807) is 6.07 Å². The van der Waals surface area contributed by atoms with Crippen LogP contribution in [-0.2, 0) is 0 Å². The topological polar surface area (TPSA) is 81.2 Å². The Kier molecular flexibility index (Phi) is 3.82. The fourth-order valence-corrected chi connectivity index (χ4v) is 3.95. The molecule has 25 heavy (non-hydrogen) atoms. The Morgan fingerprint density at radius 3 is 2.72 bits per heavy atom. The first-order chi connectivity index (χ1) is 12.0. The first-order valence-electron chi connectivity index (χ1n) is 7.42. The van der Waals surface area contributed by atoms with Crippen LogP contribution in [0.25, 0.3) is 21.5 Å². The number of carbonyl (C=O) groups excluding carboxylic acids is 1. The number of aryl methyl sites for hydroxylation is 2. The molecule has 0 aliphatic carbocycles. The lowest BCUT2D eigenvalue weighted by molar-refractivity contribution is 0.102. The minimum atomic E-state index is -0.388. The molecule has 0 unspecified atom stereocenters. The van der Waals surface area contributed by atoms with E-state index < -0.39 is 0 Å². The first-order valence-corrected chi connectivity index (χ1v) is 8.61. The Morgan fingerprint density at radius 2 is 2.00 bits per heavy atom. The van der Waals surface area contributed by atoms with Gasteiger partial charge in [0.05, 0.1) is 10.6 Å². The van der Waals surface area contributed by atoms with Gasteiger partial charge in [-0.1, -0.05) is 34.9 Å². The number of rotatable bonds is 3. The number of furan rings is 1. The minimum absolute atomic E-state index is 0.00627. The molecule has 3 heterocycles. The van der Waals surface area contributed by atoms with E-state index in [0.29, 0.717) is 21.2 Å². The lowest BCUT2D eigenvalue weighted by Gasteiger charge is -1.97. The van der Waals surface area contributed by atoms with E-state index >= 15 is 0 Å². The molecular weight excluding hydrogens is 362 g/mol. The van der Waals surface area contributed by atoms with Gasteiger partial charge in [0, 0.05) is 10.1 Å². The minimum Gasteiger partial charge on any atom is -0.466 e. The second kappa shape index (κ2) is 6.02. The van der Waals surface area contributed by atoms with Crippen molar-refractivity contribution in [1.82, 2.24) is 10.2 Å². The highest BCUT2D eigenvalue weighted by Gasteiger charge is 2.20. The molecular formula is C17H12ClN3O3S. The molecule has 4 aromatic rings. The Hall–Kier alpha value is -2.64. The van der Waals surface area contributed by atoms with Gasteiger partial charge in [-0.15, -0.1) is 16.4 Å². The number of fused-ring (bicyclic) bond motifs is 1. The number of halogens is 1. The van der Waals surface area contributed by atoms with Gasteiger partial charge in [-0.25, -0.2) is 0 Å². The van der Waals surface area contributed by atoms with Gasteiger partial charge in [0.15, 0.2) is 0 Å². The van der Waals surface area contributed by atoms with E-state index in [-0.39, 0.29) is 17.8 Å². The standard InChI is InChI=1S/C17H12ClN3O3S/c1-8-7-11(9(2)23-8)16-20-21-17(24-16)19-15(22)14-13(18)10-5-3-4-6-12(10)25-14/h3-7H,1-2H3,(H,19,21,22). The maximum absolute atomic E-state index is 12.5. The normalized spacial score (nSPS) is 11.2. The van der Waals surface area contributed by atoms with Gasteiger partial charge >= 0.3 is 6.01 Å². The summed E-state index contributed by atoms with van der Waals surface area (Å²) >= 11 is 7.62. The lowest BCUT2D eigenvalue weighted by Crippen LogP contribution is -2.10. The predicted octanol–water partition coefficient (Wildman–Crippen LogP) is 5.07. The number of amides is 1. The second-order valence-corrected chi connectivity index (χ2v) is 6.86. The van der Waals surface area contributed by atoms with Crippen LogP contribution in [-0.4, -0.2) is 16.1 Å². The first kappa shape index (κ1) is 15.9. The largest absolute Gasteiger partial charge is 0.466 e. The maximum atomic E-state index is 12.5. The monoisotopic (exact) mass is 373 g/mol. The molecule has 0 saturated heterocycles. The van der Waals surface area contributed by atoms with Gasteiger partial charge in [0.1, 0.15) is 16.4 Å². The van der Waals surface area contributed by atoms with Gasteiger partial charge in [-0.3, -0.25) is 10.1 Å². The van der Waals surface area contributed by atoms with Crippen LogP contribution in [0.3, 0.4) is 0 Å².